The molecule has 1 aliphatic heterocycles. The summed E-state index contributed by atoms with van der Waals surface area (Å²) in [4.78, 5) is 11.4. The van der Waals surface area contributed by atoms with Gasteiger partial charge in [-0.3, -0.25) is 0 Å². The number of allylic oxidation sites excluding steroid dienone is 5. The minimum atomic E-state index is -0.699. The molecule has 4 nitrogen and oxygen atoms in total. The van der Waals surface area contributed by atoms with Crippen molar-refractivity contribution in [3.63, 3.8) is 0 Å². The van der Waals surface area contributed by atoms with Crippen LogP contribution < -0.4 is 0 Å². The lowest BCUT2D eigenvalue weighted by atomic mass is 9.85. The average Bonchev–Trinajstić information content (AvgIpc) is 2.60. The number of aliphatic hydroxyl groups excluding tert-OH is 2. The number of esters is 1. The summed E-state index contributed by atoms with van der Waals surface area (Å²) in [6, 6.07) is 0. The summed E-state index contributed by atoms with van der Waals surface area (Å²) in [5, 5.41) is 20.5. The van der Waals surface area contributed by atoms with E-state index in [0.29, 0.717) is 6.42 Å². The maximum Gasteiger partial charge on any atom is 0.330 e. The van der Waals surface area contributed by atoms with E-state index in [4.69, 9.17) is 4.74 Å². The Labute approximate surface area is 151 Å². The van der Waals surface area contributed by atoms with Crippen molar-refractivity contribution in [1.82, 2.24) is 0 Å². The molecule has 2 N–H and O–H groups in total. The number of carbonyl (C=O) groups excluding carboxylic acids is 1. The van der Waals surface area contributed by atoms with Gasteiger partial charge in [-0.05, 0) is 25.7 Å². The van der Waals surface area contributed by atoms with E-state index in [2.05, 4.69) is 0 Å². The van der Waals surface area contributed by atoms with E-state index in [1.54, 1.807) is 12.2 Å². The molecule has 1 rings (SSSR count). The van der Waals surface area contributed by atoms with Crippen LogP contribution in [0.15, 0.2) is 48.6 Å². The SMILES string of the molecule is C/C=C/C=C\C=C/[C@H](O)[C@H](C)[C@@H](O)CC[C@H](C)[C@@H]1OC(=O)C=C[C@@H]1C. The molecule has 0 bridgehead atoms. The van der Waals surface area contributed by atoms with E-state index >= 15 is 0 Å². The van der Waals surface area contributed by atoms with Crippen molar-refractivity contribution in [3.8, 4) is 0 Å². The van der Waals surface area contributed by atoms with E-state index in [9.17, 15) is 15.0 Å². The summed E-state index contributed by atoms with van der Waals surface area (Å²) >= 11 is 0. The van der Waals surface area contributed by atoms with Crippen LogP contribution in [0.2, 0.25) is 0 Å². The molecule has 6 atom stereocenters. The van der Waals surface area contributed by atoms with Gasteiger partial charge >= 0.3 is 5.97 Å². The molecule has 1 aliphatic rings. The van der Waals surface area contributed by atoms with Crippen LogP contribution in [0.1, 0.15) is 40.5 Å². The van der Waals surface area contributed by atoms with Gasteiger partial charge in [-0.15, -0.1) is 0 Å². The molecule has 1 heterocycles. The Hall–Kier alpha value is -1.65. The Bertz CT molecular complexity index is 518. The van der Waals surface area contributed by atoms with Crippen molar-refractivity contribution in [3.05, 3.63) is 48.6 Å². The van der Waals surface area contributed by atoms with Crippen molar-refractivity contribution < 1.29 is 19.7 Å². The zero-order chi connectivity index (χ0) is 18.8. The van der Waals surface area contributed by atoms with E-state index in [0.717, 1.165) is 6.42 Å². The van der Waals surface area contributed by atoms with Crippen molar-refractivity contribution in [2.45, 2.75) is 58.8 Å². The smallest absolute Gasteiger partial charge is 0.330 e. The molecular formula is C21H32O4. The largest absolute Gasteiger partial charge is 0.458 e. The molecule has 0 aromatic rings. The third-order valence-corrected chi connectivity index (χ3v) is 4.76. The van der Waals surface area contributed by atoms with Crippen LogP contribution >= 0.6 is 0 Å². The second-order valence-corrected chi connectivity index (χ2v) is 6.89. The molecular weight excluding hydrogens is 316 g/mol. The number of carbonyl (C=O) groups is 1. The van der Waals surface area contributed by atoms with Crippen LogP contribution in [-0.4, -0.2) is 34.5 Å². The van der Waals surface area contributed by atoms with Gasteiger partial charge in [-0.2, -0.15) is 0 Å². The second kappa shape index (κ2) is 11.1. The molecule has 0 radical (unpaired) electrons. The van der Waals surface area contributed by atoms with Crippen LogP contribution in [-0.2, 0) is 9.53 Å². The van der Waals surface area contributed by atoms with E-state index in [-0.39, 0.29) is 29.8 Å². The lowest BCUT2D eigenvalue weighted by Crippen LogP contribution is -2.34. The average molecular weight is 348 g/mol. The van der Waals surface area contributed by atoms with Crippen molar-refractivity contribution in [1.29, 1.82) is 0 Å². The number of rotatable bonds is 9. The topological polar surface area (TPSA) is 66.8 Å². The fourth-order valence-electron chi connectivity index (χ4n) is 2.94. The zero-order valence-corrected chi connectivity index (χ0v) is 15.7. The van der Waals surface area contributed by atoms with E-state index < -0.39 is 12.2 Å². The molecule has 25 heavy (non-hydrogen) atoms. The van der Waals surface area contributed by atoms with Crippen molar-refractivity contribution >= 4 is 5.97 Å². The van der Waals surface area contributed by atoms with Crippen molar-refractivity contribution in [2.24, 2.45) is 17.8 Å². The van der Waals surface area contributed by atoms with Crippen LogP contribution in [0.5, 0.6) is 0 Å². The van der Waals surface area contributed by atoms with Crippen molar-refractivity contribution in [2.75, 3.05) is 0 Å². The summed E-state index contributed by atoms with van der Waals surface area (Å²) in [6.07, 6.45) is 14.2. The number of hydrogen-bond acceptors (Lipinski definition) is 4. The molecule has 140 valence electrons. The van der Waals surface area contributed by atoms with Gasteiger partial charge in [0, 0.05) is 17.9 Å². The van der Waals surface area contributed by atoms with Gasteiger partial charge in [0.25, 0.3) is 0 Å². The lowest BCUT2D eigenvalue weighted by Gasteiger charge is -2.31. The highest BCUT2D eigenvalue weighted by atomic mass is 16.5. The van der Waals surface area contributed by atoms with Gasteiger partial charge in [0.15, 0.2) is 0 Å². The van der Waals surface area contributed by atoms with Gasteiger partial charge in [0.2, 0.25) is 0 Å². The third kappa shape index (κ3) is 7.41. The lowest BCUT2D eigenvalue weighted by molar-refractivity contribution is -0.149. The Morgan fingerprint density at radius 3 is 2.52 bits per heavy atom. The molecule has 0 amide bonds. The zero-order valence-electron chi connectivity index (χ0n) is 15.7. The molecule has 0 saturated carbocycles. The molecule has 0 unspecified atom stereocenters. The highest BCUT2D eigenvalue weighted by Gasteiger charge is 2.29. The molecule has 0 fully saturated rings. The third-order valence-electron chi connectivity index (χ3n) is 4.76. The van der Waals surface area contributed by atoms with Gasteiger partial charge in [0.05, 0.1) is 12.2 Å². The molecule has 4 heteroatoms. The molecule has 0 aromatic carbocycles. The minimum Gasteiger partial charge on any atom is -0.458 e. The number of cyclic esters (lactones) is 1. The van der Waals surface area contributed by atoms with Crippen LogP contribution in [0.3, 0.4) is 0 Å². The predicted octanol–water partition coefficient (Wildman–Crippen LogP) is 3.57. The Kier molecular flexibility index (Phi) is 9.46. The van der Waals surface area contributed by atoms with E-state index in [1.165, 1.54) is 6.08 Å². The van der Waals surface area contributed by atoms with Gasteiger partial charge in [-0.1, -0.05) is 63.3 Å². The summed E-state index contributed by atoms with van der Waals surface area (Å²) in [5.74, 6) is -0.220. The van der Waals surface area contributed by atoms with Gasteiger partial charge in [-0.25, -0.2) is 4.79 Å². The number of ether oxygens (including phenoxy) is 1. The minimum absolute atomic E-state index is 0.151. The van der Waals surface area contributed by atoms with Crippen LogP contribution in [0, 0.1) is 17.8 Å². The van der Waals surface area contributed by atoms with Gasteiger partial charge < -0.3 is 14.9 Å². The monoisotopic (exact) mass is 348 g/mol. The highest BCUT2D eigenvalue weighted by Crippen LogP contribution is 2.27. The quantitative estimate of drug-likeness (QED) is 0.494. The first-order valence-corrected chi connectivity index (χ1v) is 9.07. The van der Waals surface area contributed by atoms with E-state index in [1.807, 2.05) is 58.1 Å². The molecule has 0 saturated heterocycles. The Morgan fingerprint density at radius 2 is 1.84 bits per heavy atom. The Balaban J connectivity index is 2.45. The summed E-state index contributed by atoms with van der Waals surface area (Å²) in [7, 11) is 0. The standard InChI is InChI=1S/C21H32O4/c1-5-6-7-8-9-10-18(22)17(4)19(23)13-11-15(2)21-16(3)12-14-20(24)25-21/h5-10,12,14-19,21-23H,11,13H2,1-4H3/b6-5+,8-7-,10-9-/t15-,16-,17-,18-,19-,21-/m0/s1. The second-order valence-electron chi connectivity index (χ2n) is 6.89. The molecule has 0 spiro atoms. The predicted molar refractivity (Wildman–Crippen MR) is 101 cm³/mol. The van der Waals surface area contributed by atoms with Gasteiger partial charge in [0.1, 0.15) is 6.10 Å². The number of aliphatic hydroxyl groups is 2. The summed E-state index contributed by atoms with van der Waals surface area (Å²) in [5.41, 5.74) is 0. The molecule has 0 aromatic heterocycles. The van der Waals surface area contributed by atoms with Crippen LogP contribution in [0.4, 0.5) is 0 Å². The first kappa shape index (κ1) is 21.4. The summed E-state index contributed by atoms with van der Waals surface area (Å²) in [6.45, 7) is 7.84. The fourth-order valence-corrected chi connectivity index (χ4v) is 2.94. The maximum atomic E-state index is 11.4. The summed E-state index contributed by atoms with van der Waals surface area (Å²) < 4.78 is 5.40. The Morgan fingerprint density at radius 1 is 1.16 bits per heavy atom. The van der Waals surface area contributed by atoms with Crippen LogP contribution in [0.25, 0.3) is 0 Å². The first-order valence-electron chi connectivity index (χ1n) is 9.07. The fraction of sp³-hybridized carbons (Fsp3) is 0.571. The normalized spacial score (nSPS) is 26.2. The first-order chi connectivity index (χ1) is 11.9. The maximum absolute atomic E-state index is 11.4. The highest BCUT2D eigenvalue weighted by molar-refractivity contribution is 5.82. The number of hydrogen-bond donors (Lipinski definition) is 2. The molecule has 0 aliphatic carbocycles.